The highest BCUT2D eigenvalue weighted by Gasteiger charge is 2.51. The predicted molar refractivity (Wildman–Crippen MR) is 98.0 cm³/mol. The molecule has 29 heavy (non-hydrogen) atoms. The van der Waals surface area contributed by atoms with E-state index in [2.05, 4.69) is 20.4 Å². The van der Waals surface area contributed by atoms with Crippen molar-refractivity contribution in [3.8, 4) is 5.95 Å². The van der Waals surface area contributed by atoms with Crippen LogP contribution in [0.2, 0.25) is 0 Å². The van der Waals surface area contributed by atoms with Gasteiger partial charge in [-0.3, -0.25) is 4.79 Å². The van der Waals surface area contributed by atoms with Crippen LogP contribution in [0.5, 0.6) is 0 Å². The van der Waals surface area contributed by atoms with Crippen molar-refractivity contribution in [1.29, 1.82) is 0 Å². The summed E-state index contributed by atoms with van der Waals surface area (Å²) in [4.78, 5) is 20.6. The summed E-state index contributed by atoms with van der Waals surface area (Å²) in [5.74, 6) is 1.68. The number of carbonyl (C=O) groups is 1. The van der Waals surface area contributed by atoms with Gasteiger partial charge in [-0.05, 0) is 67.8 Å². The molecule has 0 atom stereocenters. The minimum Gasteiger partial charge on any atom is -0.323 e. The number of aromatic nitrogens is 4. The van der Waals surface area contributed by atoms with Gasteiger partial charge in [0.2, 0.25) is 5.91 Å². The molecule has 0 radical (unpaired) electrons. The minimum atomic E-state index is -4.69. The van der Waals surface area contributed by atoms with Gasteiger partial charge in [-0.15, -0.1) is 0 Å². The zero-order chi connectivity index (χ0) is 20.2. The molecule has 0 spiro atoms. The Labute approximate surface area is 165 Å². The van der Waals surface area contributed by atoms with Gasteiger partial charge in [-0.2, -0.15) is 18.3 Å². The average Bonchev–Trinajstić information content (AvgIpc) is 3.05. The van der Waals surface area contributed by atoms with Gasteiger partial charge in [0.1, 0.15) is 0 Å². The maximum Gasteiger partial charge on any atom is 0.437 e. The molecule has 2 aromatic heterocycles. The molecule has 4 saturated carbocycles. The fourth-order valence-corrected chi connectivity index (χ4v) is 6.23. The summed E-state index contributed by atoms with van der Waals surface area (Å²) in [7, 11) is 0. The van der Waals surface area contributed by atoms with E-state index in [0.29, 0.717) is 17.8 Å². The Kier molecular flexibility index (Phi) is 4.18. The Hall–Kier alpha value is -2.45. The quantitative estimate of drug-likeness (QED) is 0.826. The van der Waals surface area contributed by atoms with Crippen LogP contribution >= 0.6 is 0 Å². The molecule has 4 aliphatic rings. The third kappa shape index (κ3) is 3.51. The predicted octanol–water partition coefficient (Wildman–Crippen LogP) is 4.23. The molecule has 0 unspecified atom stereocenters. The van der Waals surface area contributed by atoms with Crippen LogP contribution in [-0.2, 0) is 11.0 Å². The van der Waals surface area contributed by atoms with E-state index in [0.717, 1.165) is 30.1 Å². The van der Waals surface area contributed by atoms with Gasteiger partial charge >= 0.3 is 6.18 Å². The summed E-state index contributed by atoms with van der Waals surface area (Å²) in [5, 5.41) is 6.07. The molecule has 9 heteroatoms. The smallest absolute Gasteiger partial charge is 0.323 e. The molecule has 2 aromatic rings. The largest absolute Gasteiger partial charge is 0.437 e. The molecule has 4 fully saturated rings. The third-order valence-electron chi connectivity index (χ3n) is 6.71. The summed E-state index contributed by atoms with van der Waals surface area (Å²) in [6, 6.07) is 1.56. The summed E-state index contributed by atoms with van der Waals surface area (Å²) >= 11 is 0. The maximum atomic E-state index is 13.5. The summed E-state index contributed by atoms with van der Waals surface area (Å²) in [6.45, 7) is 0. The van der Waals surface area contributed by atoms with E-state index in [1.54, 1.807) is 6.07 Å². The molecule has 0 aromatic carbocycles. The Morgan fingerprint density at radius 3 is 2.24 bits per heavy atom. The molecule has 1 amide bonds. The fourth-order valence-electron chi connectivity index (χ4n) is 6.23. The molecule has 4 aliphatic carbocycles. The molecule has 6 rings (SSSR count). The van der Waals surface area contributed by atoms with E-state index < -0.39 is 11.9 Å². The lowest BCUT2D eigenvalue weighted by molar-refractivity contribution is -0.140. The van der Waals surface area contributed by atoms with Gasteiger partial charge in [-0.25, -0.2) is 14.6 Å². The molecule has 6 nitrogen and oxygen atoms in total. The molecule has 2 heterocycles. The Balaban J connectivity index is 1.37. The van der Waals surface area contributed by atoms with Gasteiger partial charge in [0.25, 0.3) is 5.95 Å². The number of amides is 1. The number of nitrogens with zero attached hydrogens (tertiary/aromatic N) is 4. The van der Waals surface area contributed by atoms with Crippen LogP contribution in [0.1, 0.15) is 50.6 Å². The topological polar surface area (TPSA) is 72.7 Å². The van der Waals surface area contributed by atoms with Gasteiger partial charge in [0.05, 0.1) is 11.9 Å². The normalized spacial score (nSPS) is 30.5. The van der Waals surface area contributed by atoms with E-state index in [4.69, 9.17) is 0 Å². The first-order chi connectivity index (χ1) is 13.8. The number of nitrogens with one attached hydrogen (secondary N) is 1. The number of rotatable bonds is 4. The van der Waals surface area contributed by atoms with Crippen molar-refractivity contribution in [1.82, 2.24) is 19.7 Å². The Morgan fingerprint density at radius 1 is 1.10 bits per heavy atom. The van der Waals surface area contributed by atoms with Crippen LogP contribution in [0, 0.1) is 23.2 Å². The minimum absolute atomic E-state index is 0.0135. The van der Waals surface area contributed by atoms with Gasteiger partial charge in [0.15, 0.2) is 5.69 Å². The first-order valence-corrected chi connectivity index (χ1v) is 10.0. The van der Waals surface area contributed by atoms with Crippen molar-refractivity contribution in [3.63, 3.8) is 0 Å². The van der Waals surface area contributed by atoms with Crippen LogP contribution in [0.3, 0.4) is 0 Å². The zero-order valence-corrected chi connectivity index (χ0v) is 15.8. The number of carbonyl (C=O) groups excluding carboxylic acids is 1. The SMILES string of the molecule is O=C(CC12CC3CC(CC(C3)C1)C2)Nc1cn(-c2ncccn2)nc1C(F)(F)F. The highest BCUT2D eigenvalue weighted by molar-refractivity contribution is 5.91. The van der Waals surface area contributed by atoms with Crippen LogP contribution in [0.15, 0.2) is 24.7 Å². The lowest BCUT2D eigenvalue weighted by atomic mass is 9.49. The lowest BCUT2D eigenvalue weighted by Crippen LogP contribution is -2.47. The summed E-state index contributed by atoms with van der Waals surface area (Å²) < 4.78 is 41.4. The molecule has 4 bridgehead atoms. The van der Waals surface area contributed by atoms with E-state index in [9.17, 15) is 18.0 Å². The summed E-state index contributed by atoms with van der Waals surface area (Å²) in [6.07, 6.45) is 6.39. The maximum absolute atomic E-state index is 13.5. The first kappa shape index (κ1) is 18.6. The zero-order valence-electron chi connectivity index (χ0n) is 15.8. The molecule has 154 valence electrons. The van der Waals surface area contributed by atoms with Crippen LogP contribution in [-0.4, -0.2) is 25.7 Å². The lowest BCUT2D eigenvalue weighted by Gasteiger charge is -2.56. The average molecular weight is 405 g/mol. The number of halogens is 3. The van der Waals surface area contributed by atoms with Crippen molar-refractivity contribution >= 4 is 11.6 Å². The molecule has 0 saturated heterocycles. The van der Waals surface area contributed by atoms with Crippen LogP contribution < -0.4 is 5.32 Å². The van der Waals surface area contributed by atoms with E-state index >= 15 is 0 Å². The van der Waals surface area contributed by atoms with Crippen LogP contribution in [0.25, 0.3) is 5.95 Å². The highest BCUT2D eigenvalue weighted by atomic mass is 19.4. The van der Waals surface area contributed by atoms with Crippen molar-refractivity contribution in [2.45, 2.75) is 51.1 Å². The van der Waals surface area contributed by atoms with Gasteiger partial charge < -0.3 is 5.32 Å². The number of hydrogen-bond acceptors (Lipinski definition) is 4. The standard InChI is InChI=1S/C20H22F3N5O/c21-20(22,23)17-15(11-28(27-17)18-24-2-1-3-25-18)26-16(29)10-19-7-12-4-13(8-19)6-14(5-12)9-19/h1-3,11-14H,4-10H2,(H,26,29). The van der Waals surface area contributed by atoms with Crippen molar-refractivity contribution in [2.24, 2.45) is 23.2 Å². The molecular weight excluding hydrogens is 383 g/mol. The highest BCUT2D eigenvalue weighted by Crippen LogP contribution is 2.61. The monoisotopic (exact) mass is 405 g/mol. The Morgan fingerprint density at radius 2 is 1.69 bits per heavy atom. The molecule has 1 N–H and O–H groups in total. The number of alkyl halides is 3. The van der Waals surface area contributed by atoms with Crippen molar-refractivity contribution in [3.05, 3.63) is 30.4 Å². The van der Waals surface area contributed by atoms with E-state index in [1.165, 1.54) is 31.7 Å². The first-order valence-electron chi connectivity index (χ1n) is 10.0. The van der Waals surface area contributed by atoms with E-state index in [1.807, 2.05) is 0 Å². The number of anilines is 1. The summed E-state index contributed by atoms with van der Waals surface area (Å²) in [5.41, 5.74) is -1.53. The molecule has 0 aliphatic heterocycles. The van der Waals surface area contributed by atoms with Crippen molar-refractivity contribution in [2.75, 3.05) is 5.32 Å². The van der Waals surface area contributed by atoms with Gasteiger partial charge in [0, 0.05) is 18.8 Å². The Bertz CT molecular complexity index is 889. The van der Waals surface area contributed by atoms with E-state index in [-0.39, 0.29) is 29.4 Å². The van der Waals surface area contributed by atoms with Gasteiger partial charge in [-0.1, -0.05) is 0 Å². The second kappa shape index (κ2) is 6.53. The third-order valence-corrected chi connectivity index (χ3v) is 6.71. The number of hydrogen-bond donors (Lipinski definition) is 1. The van der Waals surface area contributed by atoms with Crippen molar-refractivity contribution < 1.29 is 18.0 Å². The fraction of sp³-hybridized carbons (Fsp3) is 0.600. The second-order valence-corrected chi connectivity index (χ2v) is 9.03. The second-order valence-electron chi connectivity index (χ2n) is 9.03. The molecular formula is C20H22F3N5O. The van der Waals surface area contributed by atoms with Crippen LogP contribution in [0.4, 0.5) is 18.9 Å².